The van der Waals surface area contributed by atoms with Crippen molar-refractivity contribution in [1.82, 2.24) is 4.98 Å². The molecule has 0 bridgehead atoms. The quantitative estimate of drug-likeness (QED) is 0.802. The summed E-state index contributed by atoms with van der Waals surface area (Å²) < 4.78 is 18.1. The van der Waals surface area contributed by atoms with Crippen LogP contribution in [0.1, 0.15) is 60.3 Å². The molecule has 0 radical (unpaired) electrons. The van der Waals surface area contributed by atoms with Crippen LogP contribution >= 0.6 is 0 Å². The molecule has 1 aliphatic carbocycles. The van der Waals surface area contributed by atoms with Gasteiger partial charge in [0.05, 0.1) is 11.2 Å². The maximum atomic E-state index is 6.05. The molecule has 0 atom stereocenters. The Hall–Kier alpha value is -1.07. The first-order chi connectivity index (χ1) is 10.8. The first-order valence-corrected chi connectivity index (χ1v) is 8.75. The molecule has 1 saturated carbocycles. The Morgan fingerprint density at radius 3 is 2.17 bits per heavy atom. The van der Waals surface area contributed by atoms with Crippen molar-refractivity contribution in [1.29, 1.82) is 0 Å². The Morgan fingerprint density at radius 1 is 1.04 bits per heavy atom. The smallest absolute Gasteiger partial charge is 0.474 e. The second-order valence-corrected chi connectivity index (χ2v) is 8.02. The van der Waals surface area contributed by atoms with Gasteiger partial charge in [-0.05, 0) is 65.4 Å². The van der Waals surface area contributed by atoms with E-state index in [1.54, 1.807) is 0 Å². The Kier molecular flexibility index (Phi) is 4.45. The van der Waals surface area contributed by atoms with Crippen molar-refractivity contribution in [2.45, 2.75) is 77.6 Å². The maximum Gasteiger partial charge on any atom is 0.496 e. The molecular weight excluding hydrogens is 289 g/mol. The number of nitrogens with zero attached hydrogens (tertiary/aromatic N) is 1. The highest BCUT2D eigenvalue weighted by Crippen LogP contribution is 2.36. The Balaban J connectivity index is 1.62. The fraction of sp³-hybridized carbons (Fsp3) is 0.722. The minimum atomic E-state index is -0.364. The van der Waals surface area contributed by atoms with Crippen LogP contribution in [-0.4, -0.2) is 29.4 Å². The van der Waals surface area contributed by atoms with Crippen LogP contribution in [0, 0.1) is 5.92 Å². The van der Waals surface area contributed by atoms with E-state index in [4.69, 9.17) is 14.0 Å². The summed E-state index contributed by atoms with van der Waals surface area (Å²) in [6.45, 7) is 10.5. The van der Waals surface area contributed by atoms with E-state index in [2.05, 4.69) is 39.6 Å². The van der Waals surface area contributed by atoms with Crippen LogP contribution in [0.5, 0.6) is 5.88 Å². The summed E-state index contributed by atoms with van der Waals surface area (Å²) in [5.74, 6) is 1.53. The highest BCUT2D eigenvalue weighted by molar-refractivity contribution is 6.62. The molecule has 5 heteroatoms. The molecule has 2 heterocycles. The third-order valence-electron chi connectivity index (χ3n) is 5.53. The van der Waals surface area contributed by atoms with Gasteiger partial charge in [0.15, 0.2) is 0 Å². The van der Waals surface area contributed by atoms with Gasteiger partial charge in [-0.1, -0.05) is 13.0 Å². The summed E-state index contributed by atoms with van der Waals surface area (Å²) >= 11 is 0. The fourth-order valence-electron chi connectivity index (χ4n) is 3.10. The van der Waals surface area contributed by atoms with E-state index in [-0.39, 0.29) is 18.3 Å². The summed E-state index contributed by atoms with van der Waals surface area (Å²) in [4.78, 5) is 4.45. The van der Waals surface area contributed by atoms with E-state index in [1.807, 2.05) is 18.3 Å². The number of hydrogen-bond acceptors (Lipinski definition) is 4. The van der Waals surface area contributed by atoms with Crippen molar-refractivity contribution in [2.75, 3.05) is 0 Å². The average Bonchev–Trinajstić information content (AvgIpc) is 2.71. The SMILES string of the molecule is CC1(C)OB(c2ccc(O[C@H]3CC[C@H](C)CC3)nc2)OC1(C)C. The summed E-state index contributed by atoms with van der Waals surface area (Å²) in [6, 6.07) is 3.92. The standard InChI is InChI=1S/C18H28BNO3/c1-13-6-9-15(10-7-13)21-16-11-8-14(12-20-16)19-22-17(2,3)18(4,5)23-19/h8,11-13,15H,6-7,9-10H2,1-5H3/t13-,15-. The lowest BCUT2D eigenvalue weighted by Gasteiger charge is -2.32. The summed E-state index contributed by atoms with van der Waals surface area (Å²) in [5, 5.41) is 0. The van der Waals surface area contributed by atoms with E-state index >= 15 is 0 Å². The summed E-state index contributed by atoms with van der Waals surface area (Å²) in [5.41, 5.74) is 0.283. The Labute approximate surface area is 140 Å². The van der Waals surface area contributed by atoms with Crippen LogP contribution in [0.2, 0.25) is 0 Å². The van der Waals surface area contributed by atoms with Crippen LogP contribution in [0.15, 0.2) is 18.3 Å². The highest BCUT2D eigenvalue weighted by atomic mass is 16.7. The molecule has 23 heavy (non-hydrogen) atoms. The zero-order valence-corrected chi connectivity index (χ0v) is 15.0. The van der Waals surface area contributed by atoms with E-state index in [0.29, 0.717) is 12.0 Å². The third-order valence-corrected chi connectivity index (χ3v) is 5.53. The molecule has 1 aliphatic heterocycles. The van der Waals surface area contributed by atoms with Crippen LogP contribution in [0.4, 0.5) is 0 Å². The van der Waals surface area contributed by atoms with E-state index in [9.17, 15) is 0 Å². The van der Waals surface area contributed by atoms with E-state index in [0.717, 1.165) is 24.2 Å². The lowest BCUT2D eigenvalue weighted by Crippen LogP contribution is -2.41. The lowest BCUT2D eigenvalue weighted by atomic mass is 9.80. The topological polar surface area (TPSA) is 40.6 Å². The van der Waals surface area contributed by atoms with Gasteiger partial charge >= 0.3 is 7.12 Å². The number of hydrogen-bond donors (Lipinski definition) is 0. The first-order valence-electron chi connectivity index (χ1n) is 8.75. The molecule has 1 saturated heterocycles. The Bertz CT molecular complexity index is 520. The van der Waals surface area contributed by atoms with Crippen LogP contribution in [0.25, 0.3) is 0 Å². The first kappa shape index (κ1) is 16.8. The van der Waals surface area contributed by atoms with Gasteiger partial charge in [0, 0.05) is 11.7 Å². The Morgan fingerprint density at radius 2 is 1.65 bits per heavy atom. The largest absolute Gasteiger partial charge is 0.496 e. The average molecular weight is 317 g/mol. The van der Waals surface area contributed by atoms with Gasteiger partial charge in [0.25, 0.3) is 0 Å². The fourth-order valence-corrected chi connectivity index (χ4v) is 3.10. The number of aromatic nitrogens is 1. The van der Waals surface area contributed by atoms with Gasteiger partial charge in [0.1, 0.15) is 6.10 Å². The van der Waals surface area contributed by atoms with Crippen molar-refractivity contribution in [3.63, 3.8) is 0 Å². The highest BCUT2D eigenvalue weighted by Gasteiger charge is 2.51. The van der Waals surface area contributed by atoms with Crippen molar-refractivity contribution in [3.8, 4) is 5.88 Å². The van der Waals surface area contributed by atoms with Gasteiger partial charge < -0.3 is 14.0 Å². The minimum Gasteiger partial charge on any atom is -0.474 e. The summed E-state index contributed by atoms with van der Waals surface area (Å²) in [6.07, 6.45) is 6.86. The van der Waals surface area contributed by atoms with Gasteiger partial charge in [0.2, 0.25) is 5.88 Å². The summed E-state index contributed by atoms with van der Waals surface area (Å²) in [7, 11) is -0.364. The zero-order valence-electron chi connectivity index (χ0n) is 15.0. The zero-order chi connectivity index (χ0) is 16.7. The minimum absolute atomic E-state index is 0.307. The van der Waals surface area contributed by atoms with E-state index in [1.165, 1.54) is 12.8 Å². The molecule has 0 unspecified atom stereocenters. The molecule has 4 nitrogen and oxygen atoms in total. The number of pyridine rings is 1. The third kappa shape index (κ3) is 3.56. The molecule has 3 rings (SSSR count). The van der Waals surface area contributed by atoms with Crippen molar-refractivity contribution >= 4 is 12.6 Å². The molecular formula is C18H28BNO3. The van der Waals surface area contributed by atoms with Crippen LogP contribution < -0.4 is 10.2 Å². The second-order valence-electron chi connectivity index (χ2n) is 8.02. The molecule has 1 aromatic rings. The van der Waals surface area contributed by atoms with E-state index < -0.39 is 0 Å². The number of rotatable bonds is 3. The van der Waals surface area contributed by atoms with Gasteiger partial charge in [-0.3, -0.25) is 0 Å². The molecule has 1 aromatic heterocycles. The predicted molar refractivity (Wildman–Crippen MR) is 92.0 cm³/mol. The predicted octanol–water partition coefficient (Wildman–Crippen LogP) is 3.34. The molecule has 0 spiro atoms. The van der Waals surface area contributed by atoms with Crippen molar-refractivity contribution in [3.05, 3.63) is 18.3 Å². The van der Waals surface area contributed by atoms with Gasteiger partial charge in [-0.25, -0.2) is 4.98 Å². The monoisotopic (exact) mass is 317 g/mol. The molecule has 0 N–H and O–H groups in total. The maximum absolute atomic E-state index is 6.05. The molecule has 2 fully saturated rings. The number of ether oxygens (including phenoxy) is 1. The normalized spacial score (nSPS) is 29.5. The lowest BCUT2D eigenvalue weighted by molar-refractivity contribution is 0.00578. The van der Waals surface area contributed by atoms with Gasteiger partial charge in [-0.2, -0.15) is 0 Å². The van der Waals surface area contributed by atoms with Crippen molar-refractivity contribution < 1.29 is 14.0 Å². The second kappa shape index (κ2) is 6.10. The molecule has 2 aliphatic rings. The molecule has 0 amide bonds. The molecule has 0 aromatic carbocycles. The van der Waals surface area contributed by atoms with Crippen molar-refractivity contribution in [2.24, 2.45) is 5.92 Å². The van der Waals surface area contributed by atoms with Crippen LogP contribution in [0.3, 0.4) is 0 Å². The molecule has 126 valence electrons. The van der Waals surface area contributed by atoms with Crippen LogP contribution in [-0.2, 0) is 9.31 Å². The van der Waals surface area contributed by atoms with Gasteiger partial charge in [-0.15, -0.1) is 0 Å².